The van der Waals surface area contributed by atoms with Crippen molar-refractivity contribution in [3.63, 3.8) is 0 Å². The molecule has 17 heavy (non-hydrogen) atoms. The number of carboxylic acids is 1. The Kier molecular flexibility index (Phi) is 3.55. The average Bonchev–Trinajstić information content (AvgIpc) is 2.30. The zero-order chi connectivity index (χ0) is 13.0. The van der Waals surface area contributed by atoms with Crippen LogP contribution in [-0.2, 0) is 4.79 Å². The number of aliphatic hydroxyl groups is 1. The van der Waals surface area contributed by atoms with Gasteiger partial charge in [-0.2, -0.15) is 0 Å². The molecule has 2 N–H and O–H groups in total. The second-order valence-electron chi connectivity index (χ2n) is 2.97. The Hall–Kier alpha value is -2.70. The molecular formula is C10H7NO6. The normalized spacial score (nSPS) is 10.9. The Morgan fingerprint density at radius 3 is 2.35 bits per heavy atom. The molecule has 1 aromatic carbocycles. The molecule has 0 bridgehead atoms. The number of hydrogen-bond acceptors (Lipinski definition) is 5. The summed E-state index contributed by atoms with van der Waals surface area (Å²) < 4.78 is 0. The number of aliphatic hydroxyl groups excluding tert-OH is 1. The van der Waals surface area contributed by atoms with Gasteiger partial charge in [0.1, 0.15) is 5.56 Å². The first kappa shape index (κ1) is 12.4. The number of carbonyl (C=O) groups is 2. The molecule has 0 saturated carbocycles. The topological polar surface area (TPSA) is 118 Å². The summed E-state index contributed by atoms with van der Waals surface area (Å²) in [6, 6.07) is 3.48. The van der Waals surface area contributed by atoms with E-state index in [0.29, 0.717) is 6.26 Å². The summed E-state index contributed by atoms with van der Waals surface area (Å²) in [6.07, 6.45) is 0.592. The molecule has 0 aromatic heterocycles. The van der Waals surface area contributed by atoms with E-state index in [9.17, 15) is 19.7 Å². The van der Waals surface area contributed by atoms with Crippen LogP contribution in [0.3, 0.4) is 0 Å². The molecule has 0 aliphatic carbocycles. The zero-order valence-corrected chi connectivity index (χ0v) is 8.36. The number of hydrogen-bond donors (Lipinski definition) is 2. The number of rotatable bonds is 4. The maximum Gasteiger partial charge on any atom is 0.342 e. The van der Waals surface area contributed by atoms with Crippen molar-refractivity contribution in [1.82, 2.24) is 0 Å². The minimum atomic E-state index is -1.48. The molecule has 0 aliphatic heterocycles. The maximum atomic E-state index is 10.8. The predicted molar refractivity (Wildman–Crippen MR) is 56.7 cm³/mol. The van der Waals surface area contributed by atoms with Crippen LogP contribution in [0.5, 0.6) is 0 Å². The predicted octanol–water partition coefficient (Wildman–Crippen LogP) is 1.39. The molecule has 0 spiro atoms. The minimum absolute atomic E-state index is 0.202. The van der Waals surface area contributed by atoms with Gasteiger partial charge in [-0.05, 0) is 12.1 Å². The van der Waals surface area contributed by atoms with E-state index >= 15 is 0 Å². The Balaban J connectivity index is 3.62. The van der Waals surface area contributed by atoms with Crippen molar-refractivity contribution in [2.24, 2.45) is 0 Å². The first-order chi connectivity index (χ1) is 8.02. The van der Waals surface area contributed by atoms with E-state index in [-0.39, 0.29) is 17.4 Å². The van der Waals surface area contributed by atoms with Gasteiger partial charge in [-0.1, -0.05) is 6.07 Å². The molecule has 0 unspecified atom stereocenters. The van der Waals surface area contributed by atoms with Crippen LogP contribution in [0.2, 0.25) is 0 Å². The molecule has 0 aliphatic rings. The third-order valence-corrected chi connectivity index (χ3v) is 2.03. The third-order valence-electron chi connectivity index (χ3n) is 2.03. The fourth-order valence-corrected chi connectivity index (χ4v) is 1.31. The highest BCUT2D eigenvalue weighted by atomic mass is 16.6. The number of nitro benzene ring substituents is 1. The van der Waals surface area contributed by atoms with Crippen LogP contribution in [-0.4, -0.2) is 27.4 Å². The van der Waals surface area contributed by atoms with Gasteiger partial charge in [-0.25, -0.2) is 4.79 Å². The van der Waals surface area contributed by atoms with Crippen LogP contribution < -0.4 is 0 Å². The monoisotopic (exact) mass is 237 g/mol. The van der Waals surface area contributed by atoms with Gasteiger partial charge in [0.25, 0.3) is 5.69 Å². The molecule has 7 heteroatoms. The van der Waals surface area contributed by atoms with E-state index < -0.39 is 22.1 Å². The molecule has 0 heterocycles. The van der Waals surface area contributed by atoms with Crippen molar-refractivity contribution in [3.8, 4) is 0 Å². The zero-order valence-electron chi connectivity index (χ0n) is 8.36. The second-order valence-corrected chi connectivity index (χ2v) is 2.97. The average molecular weight is 237 g/mol. The summed E-state index contributed by atoms with van der Waals surface area (Å²) in [6.45, 7) is 0. The fraction of sp³-hybridized carbons (Fsp3) is 0. The molecule has 1 rings (SSSR count). The maximum absolute atomic E-state index is 10.8. The van der Waals surface area contributed by atoms with Crippen molar-refractivity contribution < 1.29 is 24.7 Å². The van der Waals surface area contributed by atoms with E-state index in [4.69, 9.17) is 10.2 Å². The molecule has 0 radical (unpaired) electrons. The van der Waals surface area contributed by atoms with E-state index in [0.717, 1.165) is 6.07 Å². The van der Waals surface area contributed by atoms with Gasteiger partial charge < -0.3 is 10.2 Å². The van der Waals surface area contributed by atoms with Crippen LogP contribution in [0.25, 0.3) is 5.57 Å². The van der Waals surface area contributed by atoms with Crippen LogP contribution in [0.1, 0.15) is 15.9 Å². The van der Waals surface area contributed by atoms with Crippen LogP contribution in [0, 0.1) is 10.1 Å². The van der Waals surface area contributed by atoms with E-state index in [2.05, 4.69) is 0 Å². The SMILES string of the molecule is O=CC(=CO)c1cccc(C(=O)O)c1[N+](=O)[O-]. The van der Waals surface area contributed by atoms with Crippen molar-refractivity contribution in [2.75, 3.05) is 0 Å². The number of allylic oxidation sites excluding steroid dienone is 1. The summed E-state index contributed by atoms with van der Waals surface area (Å²) in [5.74, 6) is -1.48. The summed E-state index contributed by atoms with van der Waals surface area (Å²) in [7, 11) is 0. The van der Waals surface area contributed by atoms with E-state index in [1.54, 1.807) is 0 Å². The number of carbonyl (C=O) groups excluding carboxylic acids is 1. The number of aromatic carboxylic acids is 1. The number of carboxylic acid groups (broad SMARTS) is 1. The summed E-state index contributed by atoms with van der Waals surface area (Å²) in [5.41, 5.74) is -1.88. The van der Waals surface area contributed by atoms with Crippen molar-refractivity contribution in [3.05, 3.63) is 45.7 Å². The van der Waals surface area contributed by atoms with Gasteiger partial charge in [0, 0.05) is 0 Å². The Labute approximate surface area is 94.8 Å². The minimum Gasteiger partial charge on any atom is -0.515 e. The lowest BCUT2D eigenvalue weighted by atomic mass is 10.0. The highest BCUT2D eigenvalue weighted by molar-refractivity contribution is 6.10. The second kappa shape index (κ2) is 4.88. The van der Waals surface area contributed by atoms with Gasteiger partial charge in [-0.3, -0.25) is 14.9 Å². The van der Waals surface area contributed by atoms with Gasteiger partial charge in [0.2, 0.25) is 0 Å². The molecule has 1 aromatic rings. The van der Waals surface area contributed by atoms with Gasteiger partial charge in [0.15, 0.2) is 6.29 Å². The Bertz CT molecular complexity index is 520. The van der Waals surface area contributed by atoms with Crippen molar-refractivity contribution >= 4 is 23.5 Å². The highest BCUT2D eigenvalue weighted by Gasteiger charge is 2.25. The lowest BCUT2D eigenvalue weighted by Gasteiger charge is -2.03. The molecular weight excluding hydrogens is 230 g/mol. The van der Waals surface area contributed by atoms with Gasteiger partial charge in [0.05, 0.1) is 22.3 Å². The number of nitro groups is 1. The molecule has 7 nitrogen and oxygen atoms in total. The third kappa shape index (κ3) is 2.28. The van der Waals surface area contributed by atoms with E-state index in [1.165, 1.54) is 12.1 Å². The first-order valence-electron chi connectivity index (χ1n) is 4.33. The molecule has 0 saturated heterocycles. The van der Waals surface area contributed by atoms with Crippen molar-refractivity contribution in [1.29, 1.82) is 0 Å². The van der Waals surface area contributed by atoms with Crippen LogP contribution >= 0.6 is 0 Å². The molecule has 88 valence electrons. The summed E-state index contributed by atoms with van der Waals surface area (Å²) in [4.78, 5) is 31.3. The molecule has 0 atom stereocenters. The number of aldehydes is 1. The summed E-state index contributed by atoms with van der Waals surface area (Å²) >= 11 is 0. The van der Waals surface area contributed by atoms with Crippen LogP contribution in [0.4, 0.5) is 5.69 Å². The van der Waals surface area contributed by atoms with Crippen molar-refractivity contribution in [2.45, 2.75) is 0 Å². The lowest BCUT2D eigenvalue weighted by molar-refractivity contribution is -0.385. The smallest absolute Gasteiger partial charge is 0.342 e. The van der Waals surface area contributed by atoms with E-state index in [1.807, 2.05) is 0 Å². The first-order valence-corrected chi connectivity index (χ1v) is 4.33. The van der Waals surface area contributed by atoms with Gasteiger partial charge >= 0.3 is 5.97 Å². The molecule has 0 amide bonds. The van der Waals surface area contributed by atoms with Crippen LogP contribution in [0.15, 0.2) is 24.5 Å². The lowest BCUT2D eigenvalue weighted by Crippen LogP contribution is -2.05. The summed E-state index contributed by atoms with van der Waals surface area (Å²) in [5, 5.41) is 28.3. The largest absolute Gasteiger partial charge is 0.515 e. The Morgan fingerprint density at radius 2 is 1.94 bits per heavy atom. The quantitative estimate of drug-likeness (QED) is 0.268. The number of para-hydroxylation sites is 1. The fourth-order valence-electron chi connectivity index (χ4n) is 1.31. The standard InChI is InChI=1S/C10H7NO6/c12-4-6(5-13)7-2-1-3-8(10(14)15)9(7)11(16)17/h1-5,12H,(H,14,15). The van der Waals surface area contributed by atoms with Gasteiger partial charge in [-0.15, -0.1) is 0 Å². The molecule has 0 fully saturated rings. The number of benzene rings is 1. The highest BCUT2D eigenvalue weighted by Crippen LogP contribution is 2.28. The number of nitrogens with zero attached hydrogens (tertiary/aromatic N) is 1. The Morgan fingerprint density at radius 1 is 1.35 bits per heavy atom.